The molecule has 1 N–H and O–H groups in total. The number of rotatable bonds is 4. The lowest BCUT2D eigenvalue weighted by molar-refractivity contribution is 0.0884. The summed E-state index contributed by atoms with van der Waals surface area (Å²) in [6.07, 6.45) is 4.56. The lowest BCUT2D eigenvalue weighted by Crippen LogP contribution is -2.48. The molecule has 3 atom stereocenters. The molecule has 2 aromatic carbocycles. The highest BCUT2D eigenvalue weighted by Gasteiger charge is 2.39. The quantitative estimate of drug-likeness (QED) is 0.644. The molecule has 1 aromatic heterocycles. The third-order valence-corrected chi connectivity index (χ3v) is 7.11. The van der Waals surface area contributed by atoms with Gasteiger partial charge >= 0.3 is 0 Å². The highest BCUT2D eigenvalue weighted by Crippen LogP contribution is 2.37. The van der Waals surface area contributed by atoms with Gasteiger partial charge in [0.2, 0.25) is 0 Å². The first-order valence-electron chi connectivity index (χ1n) is 10.8. The van der Waals surface area contributed by atoms with Crippen LogP contribution < -0.4 is 10.1 Å². The molecule has 2 bridgehead atoms. The van der Waals surface area contributed by atoms with E-state index in [0.717, 1.165) is 46.3 Å². The summed E-state index contributed by atoms with van der Waals surface area (Å²) >= 11 is 0. The minimum absolute atomic E-state index is 0. The zero-order valence-electron chi connectivity index (χ0n) is 18.3. The van der Waals surface area contributed by atoms with E-state index in [2.05, 4.69) is 34.0 Å². The van der Waals surface area contributed by atoms with Crippen LogP contribution in [-0.2, 0) is 7.05 Å². The van der Waals surface area contributed by atoms with E-state index in [1.54, 1.807) is 7.11 Å². The second kappa shape index (κ2) is 8.56. The van der Waals surface area contributed by atoms with Gasteiger partial charge in [-0.05, 0) is 56.5 Å². The van der Waals surface area contributed by atoms with Gasteiger partial charge in [-0.1, -0.05) is 30.3 Å². The van der Waals surface area contributed by atoms with Crippen molar-refractivity contribution in [2.45, 2.75) is 43.8 Å². The minimum Gasteiger partial charge on any atom is -0.497 e. The molecule has 2 fully saturated rings. The van der Waals surface area contributed by atoms with Crippen LogP contribution in [0.2, 0.25) is 0 Å². The molecule has 2 aliphatic rings. The highest BCUT2D eigenvalue weighted by molar-refractivity contribution is 6.13. The van der Waals surface area contributed by atoms with Gasteiger partial charge in [-0.2, -0.15) is 0 Å². The number of aromatic nitrogens is 1. The minimum atomic E-state index is 0. The largest absolute Gasteiger partial charge is 0.497 e. The number of ether oxygens (including phenoxy) is 1. The Labute approximate surface area is 189 Å². The number of carbonyl (C=O) groups is 1. The number of halogens is 1. The maximum absolute atomic E-state index is 13.7. The number of carbonyl (C=O) groups excluding carboxylic acids is 1. The van der Waals surface area contributed by atoms with Crippen molar-refractivity contribution in [2.75, 3.05) is 14.2 Å². The van der Waals surface area contributed by atoms with Gasteiger partial charge in [-0.15, -0.1) is 12.4 Å². The molecule has 5 nitrogen and oxygen atoms in total. The van der Waals surface area contributed by atoms with Gasteiger partial charge in [0.05, 0.1) is 18.4 Å². The Morgan fingerprint density at radius 3 is 2.35 bits per heavy atom. The molecule has 0 aliphatic carbocycles. The predicted molar refractivity (Wildman–Crippen MR) is 127 cm³/mol. The molecule has 0 unspecified atom stereocenters. The van der Waals surface area contributed by atoms with Crippen LogP contribution in [0, 0.1) is 0 Å². The van der Waals surface area contributed by atoms with Crippen LogP contribution in [0.1, 0.15) is 36.0 Å². The monoisotopic (exact) mass is 439 g/mol. The normalized spacial score (nSPS) is 22.9. The number of hydrogen-bond donors (Lipinski definition) is 1. The maximum atomic E-state index is 13.7. The van der Waals surface area contributed by atoms with Gasteiger partial charge < -0.3 is 19.5 Å². The molecule has 1 amide bonds. The average Bonchev–Trinajstić information content (AvgIpc) is 3.15. The molecule has 164 valence electrons. The fourth-order valence-electron chi connectivity index (χ4n) is 5.50. The molecule has 0 saturated carbocycles. The summed E-state index contributed by atoms with van der Waals surface area (Å²) in [5, 5.41) is 4.32. The Hall–Kier alpha value is -2.50. The van der Waals surface area contributed by atoms with Gasteiger partial charge in [0, 0.05) is 36.1 Å². The Morgan fingerprint density at radius 1 is 1.03 bits per heavy atom. The lowest BCUT2D eigenvalue weighted by atomic mass is 9.97. The number of fused-ring (bicyclic) bond motifs is 3. The zero-order chi connectivity index (χ0) is 20.8. The molecule has 0 spiro atoms. The second-order valence-corrected chi connectivity index (χ2v) is 8.72. The summed E-state index contributed by atoms with van der Waals surface area (Å²) in [7, 11) is 5.92. The molecule has 3 aromatic rings. The van der Waals surface area contributed by atoms with Gasteiger partial charge in [0.25, 0.3) is 5.91 Å². The molecule has 3 heterocycles. The number of aryl methyl sites for hydroxylation is 1. The first kappa shape index (κ1) is 21.7. The third-order valence-electron chi connectivity index (χ3n) is 7.11. The van der Waals surface area contributed by atoms with E-state index in [1.165, 1.54) is 12.8 Å². The zero-order valence-corrected chi connectivity index (χ0v) is 19.1. The van der Waals surface area contributed by atoms with Crippen LogP contribution in [0.15, 0.2) is 48.5 Å². The van der Waals surface area contributed by atoms with Gasteiger partial charge in [0.15, 0.2) is 0 Å². The predicted octanol–water partition coefficient (Wildman–Crippen LogP) is 4.63. The highest BCUT2D eigenvalue weighted by atomic mass is 35.5. The van der Waals surface area contributed by atoms with Crippen LogP contribution in [0.25, 0.3) is 22.2 Å². The van der Waals surface area contributed by atoms with E-state index < -0.39 is 0 Å². The Kier molecular flexibility index (Phi) is 6.00. The standard InChI is InChI=1S/C25H29N3O2.ClH/c1-27-18-9-10-19(27)14-17(13-18)26-25(29)23-21-15-20(30-3)11-12-22(21)28(2)24(23)16-7-5-4-6-8-16;/h4-8,11-12,15,17-19H,9-10,13-14H2,1-3H3,(H,26,29);1H/t17-,18+,19-;. The molecule has 31 heavy (non-hydrogen) atoms. The van der Waals surface area contributed by atoms with Crippen LogP contribution in [0.5, 0.6) is 5.75 Å². The number of piperidine rings is 1. The molecular weight excluding hydrogens is 410 g/mol. The third kappa shape index (κ3) is 3.70. The first-order valence-corrected chi connectivity index (χ1v) is 10.8. The van der Waals surface area contributed by atoms with Gasteiger partial charge in [-0.25, -0.2) is 0 Å². The Bertz CT molecular complexity index is 1080. The Morgan fingerprint density at radius 2 is 1.71 bits per heavy atom. The summed E-state index contributed by atoms with van der Waals surface area (Å²) in [4.78, 5) is 16.2. The maximum Gasteiger partial charge on any atom is 0.254 e. The number of amides is 1. The summed E-state index contributed by atoms with van der Waals surface area (Å²) in [6, 6.07) is 17.6. The molecule has 0 radical (unpaired) electrons. The fourth-order valence-corrected chi connectivity index (χ4v) is 5.50. The van der Waals surface area contributed by atoms with Crippen molar-refractivity contribution in [3.8, 4) is 17.0 Å². The van der Waals surface area contributed by atoms with Crippen molar-refractivity contribution >= 4 is 29.2 Å². The van der Waals surface area contributed by atoms with Crippen LogP contribution in [-0.4, -0.2) is 47.7 Å². The van der Waals surface area contributed by atoms with Crippen molar-refractivity contribution in [3.63, 3.8) is 0 Å². The van der Waals surface area contributed by atoms with Gasteiger partial charge in [-0.3, -0.25) is 4.79 Å². The first-order chi connectivity index (χ1) is 14.6. The number of hydrogen-bond acceptors (Lipinski definition) is 3. The summed E-state index contributed by atoms with van der Waals surface area (Å²) in [5.74, 6) is 0.778. The van der Waals surface area contributed by atoms with E-state index in [4.69, 9.17) is 4.74 Å². The number of benzene rings is 2. The Balaban J connectivity index is 0.00000231. The van der Waals surface area contributed by atoms with Crippen LogP contribution in [0.4, 0.5) is 0 Å². The SMILES string of the molecule is COc1ccc2c(c1)c(C(=O)N[C@H]1C[C@H]3CC[C@@H](C1)N3C)c(-c1ccccc1)n2C.Cl. The topological polar surface area (TPSA) is 46.5 Å². The van der Waals surface area contributed by atoms with Crippen molar-refractivity contribution in [1.82, 2.24) is 14.8 Å². The molecule has 2 saturated heterocycles. The van der Waals surface area contributed by atoms with E-state index in [9.17, 15) is 4.79 Å². The number of nitrogens with zero attached hydrogens (tertiary/aromatic N) is 2. The summed E-state index contributed by atoms with van der Waals surface area (Å²) in [5.41, 5.74) is 3.77. The number of nitrogens with one attached hydrogen (secondary N) is 1. The molecule has 6 heteroatoms. The van der Waals surface area contributed by atoms with Gasteiger partial charge in [0.1, 0.15) is 5.75 Å². The summed E-state index contributed by atoms with van der Waals surface area (Å²) < 4.78 is 7.59. The number of methoxy groups -OCH3 is 1. The summed E-state index contributed by atoms with van der Waals surface area (Å²) in [6.45, 7) is 0. The van der Waals surface area contributed by atoms with E-state index in [1.807, 2.05) is 43.4 Å². The van der Waals surface area contributed by atoms with E-state index in [0.29, 0.717) is 12.1 Å². The van der Waals surface area contributed by atoms with Crippen molar-refractivity contribution < 1.29 is 9.53 Å². The fraction of sp³-hybridized carbons (Fsp3) is 0.400. The second-order valence-electron chi connectivity index (χ2n) is 8.72. The average molecular weight is 440 g/mol. The molecule has 2 aliphatic heterocycles. The van der Waals surface area contributed by atoms with Crippen LogP contribution in [0.3, 0.4) is 0 Å². The smallest absolute Gasteiger partial charge is 0.254 e. The van der Waals surface area contributed by atoms with Crippen molar-refractivity contribution in [2.24, 2.45) is 7.05 Å². The van der Waals surface area contributed by atoms with Crippen molar-refractivity contribution in [1.29, 1.82) is 0 Å². The van der Waals surface area contributed by atoms with E-state index >= 15 is 0 Å². The van der Waals surface area contributed by atoms with Crippen LogP contribution >= 0.6 is 12.4 Å². The molecular formula is C25H30ClN3O2. The van der Waals surface area contributed by atoms with E-state index in [-0.39, 0.29) is 24.4 Å². The lowest BCUT2D eigenvalue weighted by Gasteiger charge is -2.36. The molecule has 5 rings (SSSR count). The van der Waals surface area contributed by atoms with Crippen molar-refractivity contribution in [3.05, 3.63) is 54.1 Å².